The van der Waals surface area contributed by atoms with Crippen molar-refractivity contribution in [2.45, 2.75) is 52.4 Å². The van der Waals surface area contributed by atoms with E-state index >= 15 is 0 Å². The summed E-state index contributed by atoms with van der Waals surface area (Å²) < 4.78 is 0. The van der Waals surface area contributed by atoms with E-state index in [1.807, 2.05) is 0 Å². The number of amides is 1. The Bertz CT molecular complexity index is 444. The predicted octanol–water partition coefficient (Wildman–Crippen LogP) is 4.28. The van der Waals surface area contributed by atoms with E-state index in [0.29, 0.717) is 11.8 Å². The lowest BCUT2D eigenvalue weighted by Gasteiger charge is -2.17. The topological polar surface area (TPSA) is 29.1 Å². The number of hydrogen-bond acceptors (Lipinski definition) is 1. The number of nitrogens with one attached hydrogen (secondary N) is 1. The summed E-state index contributed by atoms with van der Waals surface area (Å²) in [5.74, 6) is 1.40. The Kier molecular flexibility index (Phi) is 3.74. The Morgan fingerprint density at radius 3 is 2.33 bits per heavy atom. The second kappa shape index (κ2) is 5.13. The highest BCUT2D eigenvalue weighted by Gasteiger charge is 2.30. The lowest BCUT2D eigenvalue weighted by atomic mass is 9.94. The predicted molar refractivity (Wildman–Crippen MR) is 76.0 cm³/mol. The minimum absolute atomic E-state index is 0.189. The van der Waals surface area contributed by atoms with E-state index in [9.17, 15) is 4.79 Å². The summed E-state index contributed by atoms with van der Waals surface area (Å²) in [6.45, 7) is 8.74. The van der Waals surface area contributed by atoms with Crippen molar-refractivity contribution in [3.8, 4) is 0 Å². The average molecular weight is 245 g/mol. The molecule has 0 spiro atoms. The number of hydrogen-bond donors (Lipinski definition) is 1. The molecule has 1 aliphatic rings. The first-order valence-corrected chi connectivity index (χ1v) is 6.93. The molecule has 2 nitrogen and oxygen atoms in total. The van der Waals surface area contributed by atoms with Gasteiger partial charge in [-0.3, -0.25) is 4.79 Å². The summed E-state index contributed by atoms with van der Waals surface area (Å²) in [5.41, 5.74) is 3.57. The Morgan fingerprint density at radius 1 is 1.17 bits per heavy atom. The fraction of sp³-hybridized carbons (Fsp3) is 0.562. The standard InChI is InChI=1S/C16H23NO/c1-10(2)13-7-8-15(14(9-13)11(3)4)17-16(18)12-5-6-12/h7-12H,5-6H2,1-4H3,(H,17,18). The molecular formula is C16H23NO. The first kappa shape index (κ1) is 13.1. The third-order valence-corrected chi connectivity index (χ3v) is 3.57. The van der Waals surface area contributed by atoms with E-state index in [1.54, 1.807) is 0 Å². The second-order valence-electron chi connectivity index (χ2n) is 5.92. The van der Waals surface area contributed by atoms with Crippen molar-refractivity contribution in [3.05, 3.63) is 29.3 Å². The molecule has 1 amide bonds. The molecule has 0 bridgehead atoms. The van der Waals surface area contributed by atoms with Crippen LogP contribution >= 0.6 is 0 Å². The maximum absolute atomic E-state index is 11.9. The molecule has 0 unspecified atom stereocenters. The molecular weight excluding hydrogens is 222 g/mol. The number of carbonyl (C=O) groups is 1. The second-order valence-corrected chi connectivity index (χ2v) is 5.92. The summed E-state index contributed by atoms with van der Waals surface area (Å²) in [6.07, 6.45) is 2.10. The van der Waals surface area contributed by atoms with Crippen molar-refractivity contribution < 1.29 is 4.79 Å². The van der Waals surface area contributed by atoms with Crippen molar-refractivity contribution in [1.29, 1.82) is 0 Å². The van der Waals surface area contributed by atoms with Crippen molar-refractivity contribution in [2.24, 2.45) is 5.92 Å². The monoisotopic (exact) mass is 245 g/mol. The van der Waals surface area contributed by atoms with Gasteiger partial charge in [-0.15, -0.1) is 0 Å². The Morgan fingerprint density at radius 2 is 1.83 bits per heavy atom. The Hall–Kier alpha value is -1.31. The summed E-state index contributed by atoms with van der Waals surface area (Å²) in [5, 5.41) is 3.08. The van der Waals surface area contributed by atoms with Gasteiger partial charge in [0.25, 0.3) is 0 Å². The molecule has 0 radical (unpaired) electrons. The fourth-order valence-corrected chi connectivity index (χ4v) is 2.11. The van der Waals surface area contributed by atoms with E-state index in [2.05, 4.69) is 51.2 Å². The molecule has 2 rings (SSSR count). The maximum Gasteiger partial charge on any atom is 0.227 e. The lowest BCUT2D eigenvalue weighted by Crippen LogP contribution is -2.15. The number of benzene rings is 1. The molecule has 0 heterocycles. The van der Waals surface area contributed by atoms with Crippen LogP contribution in [0.25, 0.3) is 0 Å². The molecule has 0 atom stereocenters. The number of rotatable bonds is 4. The van der Waals surface area contributed by atoms with Crippen LogP contribution in [0.3, 0.4) is 0 Å². The highest BCUT2D eigenvalue weighted by atomic mass is 16.2. The van der Waals surface area contributed by atoms with E-state index < -0.39 is 0 Å². The van der Waals surface area contributed by atoms with E-state index in [0.717, 1.165) is 18.5 Å². The molecule has 1 aromatic carbocycles. The quantitative estimate of drug-likeness (QED) is 0.842. The average Bonchev–Trinajstić information content (AvgIpc) is 3.12. The summed E-state index contributed by atoms with van der Waals surface area (Å²) in [7, 11) is 0. The zero-order valence-electron chi connectivity index (χ0n) is 11.8. The summed E-state index contributed by atoms with van der Waals surface area (Å²) >= 11 is 0. The zero-order valence-corrected chi connectivity index (χ0v) is 11.8. The van der Waals surface area contributed by atoms with Gasteiger partial charge in [-0.2, -0.15) is 0 Å². The van der Waals surface area contributed by atoms with Gasteiger partial charge < -0.3 is 5.32 Å². The highest BCUT2D eigenvalue weighted by Crippen LogP contribution is 2.33. The van der Waals surface area contributed by atoms with Gasteiger partial charge >= 0.3 is 0 Å². The summed E-state index contributed by atoms with van der Waals surface area (Å²) in [6, 6.07) is 6.42. The molecule has 1 saturated carbocycles. The molecule has 98 valence electrons. The molecule has 18 heavy (non-hydrogen) atoms. The van der Waals surface area contributed by atoms with Gasteiger partial charge in [0.05, 0.1) is 0 Å². The van der Waals surface area contributed by atoms with Crippen molar-refractivity contribution in [2.75, 3.05) is 5.32 Å². The molecule has 1 aromatic rings. The van der Waals surface area contributed by atoms with Crippen LogP contribution in [0.4, 0.5) is 5.69 Å². The van der Waals surface area contributed by atoms with Gasteiger partial charge in [-0.1, -0.05) is 39.8 Å². The van der Waals surface area contributed by atoms with Crippen LogP contribution in [0.15, 0.2) is 18.2 Å². The molecule has 0 aliphatic heterocycles. The van der Waals surface area contributed by atoms with E-state index in [4.69, 9.17) is 0 Å². The SMILES string of the molecule is CC(C)c1ccc(NC(=O)C2CC2)c(C(C)C)c1. The third kappa shape index (κ3) is 2.92. The van der Waals surface area contributed by atoms with Crippen molar-refractivity contribution in [1.82, 2.24) is 0 Å². The van der Waals surface area contributed by atoms with Gasteiger partial charge in [0.1, 0.15) is 0 Å². The number of anilines is 1. The van der Waals surface area contributed by atoms with Crippen LogP contribution < -0.4 is 5.32 Å². The smallest absolute Gasteiger partial charge is 0.227 e. The minimum atomic E-state index is 0.189. The molecule has 0 saturated heterocycles. The lowest BCUT2D eigenvalue weighted by molar-refractivity contribution is -0.117. The Labute approximate surface area is 110 Å². The van der Waals surface area contributed by atoms with E-state index in [-0.39, 0.29) is 11.8 Å². The van der Waals surface area contributed by atoms with Crippen LogP contribution in [-0.2, 0) is 4.79 Å². The van der Waals surface area contributed by atoms with Gasteiger partial charge in [-0.25, -0.2) is 0 Å². The van der Waals surface area contributed by atoms with Crippen LogP contribution in [0.1, 0.15) is 63.5 Å². The number of carbonyl (C=O) groups excluding carboxylic acids is 1. The molecule has 1 N–H and O–H groups in total. The molecule has 1 fully saturated rings. The normalized spacial score (nSPS) is 15.2. The molecule has 2 heteroatoms. The minimum Gasteiger partial charge on any atom is -0.326 e. The zero-order chi connectivity index (χ0) is 13.3. The van der Waals surface area contributed by atoms with Crippen molar-refractivity contribution >= 4 is 11.6 Å². The van der Waals surface area contributed by atoms with Crippen molar-refractivity contribution in [3.63, 3.8) is 0 Å². The third-order valence-electron chi connectivity index (χ3n) is 3.57. The van der Waals surface area contributed by atoms with Crippen LogP contribution in [0.5, 0.6) is 0 Å². The van der Waals surface area contributed by atoms with Crippen LogP contribution in [0.2, 0.25) is 0 Å². The highest BCUT2D eigenvalue weighted by molar-refractivity contribution is 5.94. The first-order valence-electron chi connectivity index (χ1n) is 6.93. The largest absolute Gasteiger partial charge is 0.326 e. The van der Waals surface area contributed by atoms with Gasteiger partial charge in [-0.05, 0) is 41.9 Å². The van der Waals surface area contributed by atoms with Gasteiger partial charge in [0.2, 0.25) is 5.91 Å². The fourth-order valence-electron chi connectivity index (χ4n) is 2.11. The maximum atomic E-state index is 11.9. The van der Waals surface area contributed by atoms with E-state index in [1.165, 1.54) is 11.1 Å². The van der Waals surface area contributed by atoms with Crippen LogP contribution in [-0.4, -0.2) is 5.91 Å². The molecule has 0 aromatic heterocycles. The summed E-state index contributed by atoms with van der Waals surface area (Å²) in [4.78, 5) is 11.9. The van der Waals surface area contributed by atoms with Gasteiger partial charge in [0, 0.05) is 11.6 Å². The first-order chi connectivity index (χ1) is 8.49. The molecule has 1 aliphatic carbocycles. The van der Waals surface area contributed by atoms with Gasteiger partial charge in [0.15, 0.2) is 0 Å². The Balaban J connectivity index is 2.24. The van der Waals surface area contributed by atoms with Crippen LogP contribution in [0, 0.1) is 5.92 Å².